The van der Waals surface area contributed by atoms with E-state index >= 15 is 0 Å². The zero-order chi connectivity index (χ0) is 11.3. The van der Waals surface area contributed by atoms with Crippen LogP contribution >= 0.6 is 0 Å². The van der Waals surface area contributed by atoms with Crippen LogP contribution in [0, 0.1) is 0 Å². The Kier molecular flexibility index (Phi) is 3.86. The van der Waals surface area contributed by atoms with Gasteiger partial charge in [0.2, 0.25) is 0 Å². The fourth-order valence-corrected chi connectivity index (χ4v) is 1.58. The normalized spacial score (nSPS) is 14.5. The standard InChI is InChI=1S/C12H16O3/c1-3-12(15-2,11(13)14)9-10-7-5-4-6-8-10/h4-8H,3,9H2,1-2H3,(H,13,14). The molecule has 0 aliphatic rings. The Hall–Kier alpha value is -1.35. The predicted molar refractivity (Wildman–Crippen MR) is 57.8 cm³/mol. The average molecular weight is 208 g/mol. The molecule has 3 heteroatoms. The molecular weight excluding hydrogens is 192 g/mol. The lowest BCUT2D eigenvalue weighted by Crippen LogP contribution is -2.42. The van der Waals surface area contributed by atoms with Gasteiger partial charge < -0.3 is 9.84 Å². The van der Waals surface area contributed by atoms with Gasteiger partial charge in [0.05, 0.1) is 0 Å². The van der Waals surface area contributed by atoms with Crippen LogP contribution in [-0.2, 0) is 16.0 Å². The van der Waals surface area contributed by atoms with Crippen molar-refractivity contribution >= 4 is 5.97 Å². The van der Waals surface area contributed by atoms with Crippen LogP contribution in [0.5, 0.6) is 0 Å². The van der Waals surface area contributed by atoms with Crippen molar-refractivity contribution in [2.75, 3.05) is 7.11 Å². The minimum Gasteiger partial charge on any atom is -0.479 e. The molecule has 0 aliphatic heterocycles. The van der Waals surface area contributed by atoms with Crippen LogP contribution in [0.3, 0.4) is 0 Å². The largest absolute Gasteiger partial charge is 0.479 e. The van der Waals surface area contributed by atoms with Gasteiger partial charge in [-0.05, 0) is 12.0 Å². The predicted octanol–water partition coefficient (Wildman–Crippen LogP) is 2.11. The highest BCUT2D eigenvalue weighted by molar-refractivity contribution is 5.77. The Bertz CT molecular complexity index is 315. The van der Waals surface area contributed by atoms with Gasteiger partial charge in [-0.15, -0.1) is 0 Å². The van der Waals surface area contributed by atoms with Gasteiger partial charge in [0.1, 0.15) is 0 Å². The molecule has 0 aliphatic carbocycles. The first-order chi connectivity index (χ1) is 7.14. The van der Waals surface area contributed by atoms with E-state index in [2.05, 4.69) is 0 Å². The monoisotopic (exact) mass is 208 g/mol. The SMILES string of the molecule is CCC(Cc1ccccc1)(OC)C(=O)O. The maximum absolute atomic E-state index is 11.2. The Balaban J connectivity index is 2.89. The van der Waals surface area contributed by atoms with E-state index in [4.69, 9.17) is 9.84 Å². The highest BCUT2D eigenvalue weighted by Gasteiger charge is 2.36. The summed E-state index contributed by atoms with van der Waals surface area (Å²) in [4.78, 5) is 11.2. The van der Waals surface area contributed by atoms with Crippen molar-refractivity contribution in [3.8, 4) is 0 Å². The minimum absolute atomic E-state index is 0.399. The highest BCUT2D eigenvalue weighted by atomic mass is 16.5. The lowest BCUT2D eigenvalue weighted by atomic mass is 9.92. The molecule has 1 N–H and O–H groups in total. The second-order valence-electron chi connectivity index (χ2n) is 3.52. The summed E-state index contributed by atoms with van der Waals surface area (Å²) in [5, 5.41) is 9.16. The van der Waals surface area contributed by atoms with E-state index in [1.807, 2.05) is 37.3 Å². The number of ether oxygens (including phenoxy) is 1. The van der Waals surface area contributed by atoms with E-state index in [9.17, 15) is 4.79 Å². The van der Waals surface area contributed by atoms with Gasteiger partial charge in [-0.3, -0.25) is 0 Å². The number of benzene rings is 1. The van der Waals surface area contributed by atoms with Crippen molar-refractivity contribution in [3.63, 3.8) is 0 Å². The van der Waals surface area contributed by atoms with Crippen LogP contribution in [0.1, 0.15) is 18.9 Å². The molecule has 0 fully saturated rings. The molecule has 0 saturated heterocycles. The number of hydrogen-bond donors (Lipinski definition) is 1. The summed E-state index contributed by atoms with van der Waals surface area (Å²) in [5.74, 6) is -0.906. The van der Waals surface area contributed by atoms with Gasteiger partial charge in [0, 0.05) is 13.5 Å². The van der Waals surface area contributed by atoms with Crippen LogP contribution in [-0.4, -0.2) is 23.8 Å². The highest BCUT2D eigenvalue weighted by Crippen LogP contribution is 2.21. The second kappa shape index (κ2) is 4.94. The van der Waals surface area contributed by atoms with Crippen LogP contribution in [0.15, 0.2) is 30.3 Å². The number of carboxylic acid groups (broad SMARTS) is 1. The van der Waals surface area contributed by atoms with Gasteiger partial charge in [-0.2, -0.15) is 0 Å². The molecule has 1 aromatic carbocycles. The molecule has 15 heavy (non-hydrogen) atoms. The molecule has 1 aromatic rings. The molecule has 82 valence electrons. The first kappa shape index (κ1) is 11.7. The van der Waals surface area contributed by atoms with E-state index < -0.39 is 11.6 Å². The Labute approximate surface area is 89.7 Å². The van der Waals surface area contributed by atoms with Crippen molar-refractivity contribution in [3.05, 3.63) is 35.9 Å². The van der Waals surface area contributed by atoms with Gasteiger partial charge in [0.25, 0.3) is 0 Å². The quantitative estimate of drug-likeness (QED) is 0.806. The fraction of sp³-hybridized carbons (Fsp3) is 0.417. The summed E-state index contributed by atoms with van der Waals surface area (Å²) in [7, 11) is 1.44. The molecule has 0 aromatic heterocycles. The Morgan fingerprint density at radius 1 is 1.40 bits per heavy atom. The molecule has 0 spiro atoms. The van der Waals surface area contributed by atoms with E-state index in [0.717, 1.165) is 5.56 Å². The molecule has 1 unspecified atom stereocenters. The molecule has 0 heterocycles. The first-order valence-electron chi connectivity index (χ1n) is 4.97. The summed E-state index contributed by atoms with van der Waals surface area (Å²) >= 11 is 0. The number of carbonyl (C=O) groups is 1. The van der Waals surface area contributed by atoms with Crippen molar-refractivity contribution in [1.29, 1.82) is 0 Å². The van der Waals surface area contributed by atoms with Crippen molar-refractivity contribution < 1.29 is 14.6 Å². The summed E-state index contributed by atoms with van der Waals surface area (Å²) < 4.78 is 5.15. The minimum atomic E-state index is -1.10. The Morgan fingerprint density at radius 3 is 2.40 bits per heavy atom. The van der Waals surface area contributed by atoms with E-state index in [0.29, 0.717) is 12.8 Å². The number of rotatable bonds is 5. The van der Waals surface area contributed by atoms with Crippen molar-refractivity contribution in [1.82, 2.24) is 0 Å². The third kappa shape index (κ3) is 2.57. The first-order valence-corrected chi connectivity index (χ1v) is 4.97. The number of carboxylic acids is 1. The molecule has 0 bridgehead atoms. The van der Waals surface area contributed by atoms with E-state index in [1.165, 1.54) is 7.11 Å². The van der Waals surface area contributed by atoms with Crippen LogP contribution in [0.25, 0.3) is 0 Å². The van der Waals surface area contributed by atoms with Gasteiger partial charge in [-0.25, -0.2) is 4.79 Å². The fourth-order valence-electron chi connectivity index (χ4n) is 1.58. The maximum Gasteiger partial charge on any atom is 0.336 e. The van der Waals surface area contributed by atoms with Crippen LogP contribution < -0.4 is 0 Å². The summed E-state index contributed by atoms with van der Waals surface area (Å²) in [5.41, 5.74) is -0.120. The van der Waals surface area contributed by atoms with E-state index in [-0.39, 0.29) is 0 Å². The van der Waals surface area contributed by atoms with E-state index in [1.54, 1.807) is 0 Å². The third-order valence-corrected chi connectivity index (χ3v) is 2.68. The summed E-state index contributed by atoms with van der Waals surface area (Å²) in [6.07, 6.45) is 0.851. The zero-order valence-electron chi connectivity index (χ0n) is 9.06. The second-order valence-corrected chi connectivity index (χ2v) is 3.52. The van der Waals surface area contributed by atoms with Crippen molar-refractivity contribution in [2.24, 2.45) is 0 Å². The number of hydrogen-bond acceptors (Lipinski definition) is 2. The molecule has 0 radical (unpaired) electrons. The summed E-state index contributed by atoms with van der Waals surface area (Å²) in [6.45, 7) is 1.82. The molecule has 3 nitrogen and oxygen atoms in total. The van der Waals surface area contributed by atoms with Crippen LogP contribution in [0.2, 0.25) is 0 Å². The number of aliphatic carboxylic acids is 1. The molecule has 1 atom stereocenters. The maximum atomic E-state index is 11.2. The van der Waals surface area contributed by atoms with Crippen molar-refractivity contribution in [2.45, 2.75) is 25.4 Å². The zero-order valence-corrected chi connectivity index (χ0v) is 9.06. The summed E-state index contributed by atoms with van der Waals surface area (Å²) in [6, 6.07) is 9.52. The molecule has 0 saturated carbocycles. The smallest absolute Gasteiger partial charge is 0.336 e. The van der Waals surface area contributed by atoms with Gasteiger partial charge in [0.15, 0.2) is 5.60 Å². The topological polar surface area (TPSA) is 46.5 Å². The van der Waals surface area contributed by atoms with Gasteiger partial charge in [-0.1, -0.05) is 37.3 Å². The average Bonchev–Trinajstić information content (AvgIpc) is 2.27. The molecule has 0 amide bonds. The van der Waals surface area contributed by atoms with Gasteiger partial charge >= 0.3 is 5.97 Å². The van der Waals surface area contributed by atoms with Crippen LogP contribution in [0.4, 0.5) is 0 Å². The third-order valence-electron chi connectivity index (χ3n) is 2.68. The lowest BCUT2D eigenvalue weighted by Gasteiger charge is -2.26. The molecular formula is C12H16O3. The Morgan fingerprint density at radius 2 is 2.00 bits per heavy atom. The number of methoxy groups -OCH3 is 1. The molecule has 1 rings (SSSR count). The lowest BCUT2D eigenvalue weighted by molar-refractivity contribution is -0.162.